The van der Waals surface area contributed by atoms with E-state index in [1.165, 1.54) is 10.6 Å². The Morgan fingerprint density at radius 1 is 1.15 bits per heavy atom. The molecule has 0 radical (unpaired) electrons. The Hall–Kier alpha value is -3.98. The molecule has 2 N–H and O–H groups in total. The molecule has 0 saturated carbocycles. The number of amides is 1. The van der Waals surface area contributed by atoms with Crippen molar-refractivity contribution in [3.8, 4) is 22.6 Å². The van der Waals surface area contributed by atoms with Gasteiger partial charge in [-0.2, -0.15) is 0 Å². The van der Waals surface area contributed by atoms with E-state index in [2.05, 4.69) is 10.3 Å². The van der Waals surface area contributed by atoms with Crippen LogP contribution in [-0.2, 0) is 11.8 Å². The Bertz CT molecular complexity index is 1450. The maximum Gasteiger partial charge on any atom is 0.274 e. The van der Waals surface area contributed by atoms with E-state index in [0.717, 1.165) is 18.6 Å². The molecule has 3 heterocycles. The summed E-state index contributed by atoms with van der Waals surface area (Å²) in [5.74, 6) is -1.79. The Kier molecular flexibility index (Phi) is 5.62. The largest absolute Gasteiger partial charge is 0.454 e. The molecule has 1 unspecified atom stereocenters. The number of nitrogens with one attached hydrogen (secondary N) is 2. The van der Waals surface area contributed by atoms with E-state index in [1.54, 1.807) is 43.7 Å². The molecule has 34 heavy (non-hydrogen) atoms. The van der Waals surface area contributed by atoms with Crippen molar-refractivity contribution in [2.24, 2.45) is 7.05 Å². The topological polar surface area (TPSA) is 85.3 Å². The minimum absolute atomic E-state index is 0.0749. The predicted molar refractivity (Wildman–Crippen MR) is 122 cm³/mol. The minimum atomic E-state index is -0.860. The van der Waals surface area contributed by atoms with E-state index in [-0.39, 0.29) is 29.0 Å². The Balaban J connectivity index is 1.63. The van der Waals surface area contributed by atoms with Crippen molar-refractivity contribution >= 4 is 16.8 Å². The predicted octanol–water partition coefficient (Wildman–Crippen LogP) is 4.12. The number of hydrogen-bond acceptors (Lipinski definition) is 4. The van der Waals surface area contributed by atoms with Crippen molar-refractivity contribution in [2.75, 3.05) is 13.2 Å². The summed E-state index contributed by atoms with van der Waals surface area (Å²) in [4.78, 5) is 28.4. The number of rotatable bonds is 5. The van der Waals surface area contributed by atoms with Crippen molar-refractivity contribution in [1.82, 2.24) is 14.9 Å². The van der Waals surface area contributed by atoms with Gasteiger partial charge in [-0.25, -0.2) is 8.78 Å². The van der Waals surface area contributed by atoms with Crippen LogP contribution in [0, 0.1) is 11.6 Å². The smallest absolute Gasteiger partial charge is 0.274 e. The number of carbonyl (C=O) groups is 1. The molecule has 5 rings (SSSR count). The number of hydrogen-bond donors (Lipinski definition) is 2. The number of aromatic amines is 1. The molecule has 174 valence electrons. The maximum atomic E-state index is 14.3. The van der Waals surface area contributed by atoms with Gasteiger partial charge in [0, 0.05) is 54.2 Å². The third-order valence-electron chi connectivity index (χ3n) is 5.80. The van der Waals surface area contributed by atoms with Crippen LogP contribution in [0.2, 0.25) is 0 Å². The van der Waals surface area contributed by atoms with Crippen LogP contribution in [0.3, 0.4) is 0 Å². The molecule has 1 aliphatic rings. The average molecular weight is 465 g/mol. The zero-order valence-electron chi connectivity index (χ0n) is 18.2. The summed E-state index contributed by atoms with van der Waals surface area (Å²) in [6.45, 7) is 1.05. The van der Waals surface area contributed by atoms with Crippen LogP contribution < -0.4 is 15.6 Å². The molecule has 1 aliphatic heterocycles. The highest BCUT2D eigenvalue weighted by Gasteiger charge is 2.21. The molecule has 1 saturated heterocycles. The number of aromatic nitrogens is 2. The molecule has 0 bridgehead atoms. The van der Waals surface area contributed by atoms with Crippen LogP contribution in [0.25, 0.3) is 22.0 Å². The molecule has 0 aliphatic carbocycles. The summed E-state index contributed by atoms with van der Waals surface area (Å²) in [5, 5.41) is 3.56. The second kappa shape index (κ2) is 8.75. The monoisotopic (exact) mass is 465 g/mol. The first kappa shape index (κ1) is 21.8. The van der Waals surface area contributed by atoms with Crippen LogP contribution in [-0.4, -0.2) is 34.7 Å². The number of pyridine rings is 1. The van der Waals surface area contributed by atoms with Crippen molar-refractivity contribution in [2.45, 2.75) is 12.5 Å². The first-order valence-electron chi connectivity index (χ1n) is 10.7. The Morgan fingerprint density at radius 3 is 2.74 bits per heavy atom. The zero-order chi connectivity index (χ0) is 23.8. The lowest BCUT2D eigenvalue weighted by Gasteiger charge is -2.16. The molecule has 4 aromatic rings. The summed E-state index contributed by atoms with van der Waals surface area (Å²) in [5.41, 5.74) is 1.61. The summed E-state index contributed by atoms with van der Waals surface area (Å²) in [7, 11) is 1.61. The second-order valence-electron chi connectivity index (χ2n) is 8.15. The van der Waals surface area contributed by atoms with Gasteiger partial charge < -0.3 is 24.3 Å². The molecule has 2 aromatic carbocycles. The van der Waals surface area contributed by atoms with Gasteiger partial charge in [-0.1, -0.05) is 0 Å². The second-order valence-corrected chi connectivity index (χ2v) is 8.15. The number of aryl methyl sites for hydroxylation is 1. The molecule has 1 amide bonds. The van der Waals surface area contributed by atoms with Gasteiger partial charge in [0.05, 0.1) is 12.6 Å². The molecular formula is C25H21F2N3O4. The Morgan fingerprint density at radius 2 is 1.97 bits per heavy atom. The molecule has 0 spiro atoms. The standard InChI is InChI=1S/C25H21F2N3O4/c1-30-12-19(17-6-8-28-23(17)25(30)32)18-10-14(24(31)29-16-7-9-33-13-16)2-4-21(18)34-22-5-3-15(26)11-20(22)27/h2-6,8,10-12,16,28H,7,9,13H2,1H3,(H,29,31). The average Bonchev–Trinajstić information content (AvgIpc) is 3.51. The van der Waals surface area contributed by atoms with Crippen LogP contribution >= 0.6 is 0 Å². The third kappa shape index (κ3) is 4.06. The van der Waals surface area contributed by atoms with Crippen LogP contribution in [0.5, 0.6) is 11.5 Å². The molecular weight excluding hydrogens is 444 g/mol. The number of H-pyrrole nitrogens is 1. The molecule has 2 aromatic heterocycles. The highest BCUT2D eigenvalue weighted by molar-refractivity contribution is 6.00. The van der Waals surface area contributed by atoms with Crippen molar-refractivity contribution in [3.05, 3.63) is 82.4 Å². The van der Waals surface area contributed by atoms with Gasteiger partial charge in [0.15, 0.2) is 11.6 Å². The number of nitrogens with zero attached hydrogens (tertiary/aromatic N) is 1. The van der Waals surface area contributed by atoms with Gasteiger partial charge >= 0.3 is 0 Å². The Labute approximate surface area is 192 Å². The van der Waals surface area contributed by atoms with E-state index in [4.69, 9.17) is 9.47 Å². The zero-order valence-corrected chi connectivity index (χ0v) is 18.2. The maximum absolute atomic E-state index is 14.3. The lowest BCUT2D eigenvalue weighted by atomic mass is 9.99. The van der Waals surface area contributed by atoms with Crippen molar-refractivity contribution in [3.63, 3.8) is 0 Å². The number of benzene rings is 2. The minimum Gasteiger partial charge on any atom is -0.454 e. The van der Waals surface area contributed by atoms with E-state index >= 15 is 0 Å². The molecule has 7 nitrogen and oxygen atoms in total. The van der Waals surface area contributed by atoms with E-state index in [0.29, 0.717) is 40.8 Å². The van der Waals surface area contributed by atoms with Crippen molar-refractivity contribution in [1.29, 1.82) is 0 Å². The summed E-state index contributed by atoms with van der Waals surface area (Å²) < 4.78 is 40.3. The molecule has 1 fully saturated rings. The summed E-state index contributed by atoms with van der Waals surface area (Å²) in [6, 6.07) is 9.46. The quantitative estimate of drug-likeness (QED) is 0.464. The molecule has 1 atom stereocenters. The van der Waals surface area contributed by atoms with Gasteiger partial charge in [0.2, 0.25) is 0 Å². The first-order valence-corrected chi connectivity index (χ1v) is 10.7. The van der Waals surface area contributed by atoms with Gasteiger partial charge in [-0.3, -0.25) is 9.59 Å². The van der Waals surface area contributed by atoms with E-state index in [1.807, 2.05) is 0 Å². The summed E-state index contributed by atoms with van der Waals surface area (Å²) >= 11 is 0. The van der Waals surface area contributed by atoms with Gasteiger partial charge in [-0.05, 0) is 42.8 Å². The first-order chi connectivity index (χ1) is 16.4. The van der Waals surface area contributed by atoms with Gasteiger partial charge in [0.1, 0.15) is 17.1 Å². The fourth-order valence-electron chi connectivity index (χ4n) is 4.05. The SMILES string of the molecule is Cn1cc(-c2cc(C(=O)NC3CCOC3)ccc2Oc2ccc(F)cc2F)c2cc[nH]c2c1=O. The van der Waals surface area contributed by atoms with Gasteiger partial charge in [0.25, 0.3) is 11.5 Å². The van der Waals surface area contributed by atoms with E-state index in [9.17, 15) is 18.4 Å². The lowest BCUT2D eigenvalue weighted by Crippen LogP contribution is -2.35. The number of ether oxygens (including phenoxy) is 2. The highest BCUT2D eigenvalue weighted by Crippen LogP contribution is 2.38. The molecule has 9 heteroatoms. The third-order valence-corrected chi connectivity index (χ3v) is 5.80. The fourth-order valence-corrected chi connectivity index (χ4v) is 4.05. The number of carbonyl (C=O) groups excluding carboxylic acids is 1. The lowest BCUT2D eigenvalue weighted by molar-refractivity contribution is 0.0930. The van der Waals surface area contributed by atoms with Crippen LogP contribution in [0.1, 0.15) is 16.8 Å². The van der Waals surface area contributed by atoms with Gasteiger partial charge in [-0.15, -0.1) is 0 Å². The van der Waals surface area contributed by atoms with Crippen molar-refractivity contribution < 1.29 is 23.0 Å². The fraction of sp³-hybridized carbons (Fsp3) is 0.200. The highest BCUT2D eigenvalue weighted by atomic mass is 19.1. The number of halogens is 2. The van der Waals surface area contributed by atoms with Crippen LogP contribution in [0.4, 0.5) is 8.78 Å². The van der Waals surface area contributed by atoms with Crippen LogP contribution in [0.15, 0.2) is 59.7 Å². The summed E-state index contributed by atoms with van der Waals surface area (Å²) in [6.07, 6.45) is 4.01. The van der Waals surface area contributed by atoms with E-state index < -0.39 is 11.6 Å². The number of fused-ring (bicyclic) bond motifs is 1. The normalized spacial score (nSPS) is 15.6.